The van der Waals surface area contributed by atoms with Gasteiger partial charge in [-0.15, -0.1) is 0 Å². The Bertz CT molecular complexity index is 931. The summed E-state index contributed by atoms with van der Waals surface area (Å²) in [5, 5.41) is 3.64. The van der Waals surface area contributed by atoms with Gasteiger partial charge in [0.2, 0.25) is 0 Å². The van der Waals surface area contributed by atoms with Crippen LogP contribution < -0.4 is 10.0 Å². The van der Waals surface area contributed by atoms with E-state index in [1.54, 1.807) is 24.5 Å². The third-order valence-corrected chi connectivity index (χ3v) is 5.01. The molecule has 1 aromatic carbocycles. The summed E-state index contributed by atoms with van der Waals surface area (Å²) in [5.41, 5.74) is 1.45. The second-order valence-corrected chi connectivity index (χ2v) is 7.32. The molecule has 0 spiro atoms. The van der Waals surface area contributed by atoms with Gasteiger partial charge < -0.3 is 5.32 Å². The number of benzene rings is 1. The van der Waals surface area contributed by atoms with E-state index in [4.69, 9.17) is 11.6 Å². The van der Waals surface area contributed by atoms with Crippen molar-refractivity contribution in [2.75, 3.05) is 10.0 Å². The number of aromatic nitrogens is 2. The van der Waals surface area contributed by atoms with Gasteiger partial charge in [0.1, 0.15) is 5.82 Å². The van der Waals surface area contributed by atoms with Crippen molar-refractivity contribution in [3.05, 3.63) is 77.7 Å². The SMILES string of the molecule is O=S(=O)(Nc1ccc(NCc2ccncc2)nc1)c1ccc(Cl)cc1. The lowest BCUT2D eigenvalue weighted by Crippen LogP contribution is -2.13. The fourth-order valence-electron chi connectivity index (χ4n) is 2.08. The van der Waals surface area contributed by atoms with Crippen molar-refractivity contribution in [1.29, 1.82) is 0 Å². The van der Waals surface area contributed by atoms with Crippen molar-refractivity contribution in [2.24, 2.45) is 0 Å². The van der Waals surface area contributed by atoms with Gasteiger partial charge in [-0.25, -0.2) is 13.4 Å². The summed E-state index contributed by atoms with van der Waals surface area (Å²) in [4.78, 5) is 8.31. The Morgan fingerprint density at radius 3 is 2.32 bits per heavy atom. The third kappa shape index (κ3) is 4.68. The first-order valence-electron chi connectivity index (χ1n) is 7.40. The quantitative estimate of drug-likeness (QED) is 0.689. The molecule has 3 rings (SSSR count). The highest BCUT2D eigenvalue weighted by Crippen LogP contribution is 2.18. The zero-order valence-electron chi connectivity index (χ0n) is 13.1. The van der Waals surface area contributed by atoms with Crippen LogP contribution in [0.15, 0.2) is 72.0 Å². The molecule has 2 N–H and O–H groups in total. The molecule has 0 fully saturated rings. The van der Waals surface area contributed by atoms with Gasteiger partial charge in [0, 0.05) is 24.0 Å². The van der Waals surface area contributed by atoms with E-state index in [2.05, 4.69) is 20.0 Å². The van der Waals surface area contributed by atoms with Crippen molar-refractivity contribution >= 4 is 33.1 Å². The second-order valence-electron chi connectivity index (χ2n) is 5.20. The maximum Gasteiger partial charge on any atom is 0.261 e. The number of rotatable bonds is 6. The Morgan fingerprint density at radius 1 is 0.960 bits per heavy atom. The van der Waals surface area contributed by atoms with E-state index in [1.165, 1.54) is 30.5 Å². The van der Waals surface area contributed by atoms with Crippen molar-refractivity contribution in [1.82, 2.24) is 9.97 Å². The van der Waals surface area contributed by atoms with Crippen LogP contribution in [-0.2, 0) is 16.6 Å². The summed E-state index contributed by atoms with van der Waals surface area (Å²) in [7, 11) is -3.67. The predicted molar refractivity (Wildman–Crippen MR) is 98.1 cm³/mol. The fourth-order valence-corrected chi connectivity index (χ4v) is 3.25. The third-order valence-electron chi connectivity index (χ3n) is 3.36. The van der Waals surface area contributed by atoms with Crippen LogP contribution in [0.25, 0.3) is 0 Å². The normalized spacial score (nSPS) is 11.1. The van der Waals surface area contributed by atoms with E-state index >= 15 is 0 Å². The number of hydrogen-bond acceptors (Lipinski definition) is 5. The average Bonchev–Trinajstić information content (AvgIpc) is 2.62. The van der Waals surface area contributed by atoms with Crippen molar-refractivity contribution in [2.45, 2.75) is 11.4 Å². The molecule has 3 aromatic rings. The molecule has 0 saturated heterocycles. The van der Waals surface area contributed by atoms with E-state index in [-0.39, 0.29) is 4.90 Å². The highest BCUT2D eigenvalue weighted by molar-refractivity contribution is 7.92. The fraction of sp³-hybridized carbons (Fsp3) is 0.0588. The van der Waals surface area contributed by atoms with E-state index < -0.39 is 10.0 Å². The first-order valence-corrected chi connectivity index (χ1v) is 9.26. The van der Waals surface area contributed by atoms with Gasteiger partial charge in [0.25, 0.3) is 10.0 Å². The number of nitrogens with zero attached hydrogens (tertiary/aromatic N) is 2. The van der Waals surface area contributed by atoms with Crippen LogP contribution in [0, 0.1) is 0 Å². The minimum atomic E-state index is -3.67. The van der Waals surface area contributed by atoms with Crippen molar-refractivity contribution in [3.63, 3.8) is 0 Å². The van der Waals surface area contributed by atoms with E-state index in [9.17, 15) is 8.42 Å². The molecule has 128 valence electrons. The number of hydrogen-bond donors (Lipinski definition) is 2. The molecule has 0 amide bonds. The zero-order valence-corrected chi connectivity index (χ0v) is 14.6. The standard InChI is InChI=1S/C17H15ClN4O2S/c18-14-1-4-16(5-2-14)25(23,24)22-15-3-6-17(21-12-15)20-11-13-7-9-19-10-8-13/h1-10,12,22H,11H2,(H,20,21). The van der Waals surface area contributed by atoms with Gasteiger partial charge in [0.15, 0.2) is 0 Å². The van der Waals surface area contributed by atoms with Gasteiger partial charge in [-0.05, 0) is 54.1 Å². The molecule has 0 aliphatic rings. The topological polar surface area (TPSA) is 84.0 Å². The molecular weight excluding hydrogens is 360 g/mol. The number of sulfonamides is 1. The lowest BCUT2D eigenvalue weighted by molar-refractivity contribution is 0.601. The molecule has 0 bridgehead atoms. The lowest BCUT2D eigenvalue weighted by atomic mass is 10.3. The molecule has 0 radical (unpaired) electrons. The Hall–Kier alpha value is -2.64. The maximum atomic E-state index is 12.3. The molecule has 0 saturated carbocycles. The first kappa shape index (κ1) is 17.2. The minimum absolute atomic E-state index is 0.136. The van der Waals surface area contributed by atoms with Crippen LogP contribution in [0.5, 0.6) is 0 Å². The lowest BCUT2D eigenvalue weighted by Gasteiger charge is -2.09. The maximum absolute atomic E-state index is 12.3. The van der Waals surface area contributed by atoms with Crippen LogP contribution in [-0.4, -0.2) is 18.4 Å². The predicted octanol–water partition coefficient (Wildman–Crippen LogP) is 3.54. The molecule has 6 nitrogen and oxygen atoms in total. The molecule has 0 aliphatic carbocycles. The van der Waals surface area contributed by atoms with Crippen LogP contribution >= 0.6 is 11.6 Å². The van der Waals surface area contributed by atoms with E-state index in [0.717, 1.165) is 5.56 Å². The van der Waals surface area contributed by atoms with Crippen molar-refractivity contribution in [3.8, 4) is 0 Å². The summed E-state index contributed by atoms with van der Waals surface area (Å²) in [6.45, 7) is 0.603. The number of anilines is 2. The van der Waals surface area contributed by atoms with Crippen molar-refractivity contribution < 1.29 is 8.42 Å². The molecule has 0 aliphatic heterocycles. The number of pyridine rings is 2. The zero-order chi connectivity index (χ0) is 17.7. The molecular formula is C17H15ClN4O2S. The molecule has 25 heavy (non-hydrogen) atoms. The summed E-state index contributed by atoms with van der Waals surface area (Å²) in [6.07, 6.45) is 4.90. The molecule has 8 heteroatoms. The van der Waals surface area contributed by atoms with E-state index in [1.807, 2.05) is 12.1 Å². The second kappa shape index (κ2) is 7.50. The van der Waals surface area contributed by atoms with Gasteiger partial charge in [0.05, 0.1) is 16.8 Å². The number of nitrogens with one attached hydrogen (secondary N) is 2. The monoisotopic (exact) mass is 374 g/mol. The largest absolute Gasteiger partial charge is 0.366 e. The Labute approximate surface area is 151 Å². The smallest absolute Gasteiger partial charge is 0.261 e. The van der Waals surface area contributed by atoms with Gasteiger partial charge >= 0.3 is 0 Å². The Balaban J connectivity index is 1.65. The first-order chi connectivity index (χ1) is 12.0. The Kier molecular flexibility index (Phi) is 5.16. The summed E-state index contributed by atoms with van der Waals surface area (Å²) >= 11 is 5.78. The summed E-state index contributed by atoms with van der Waals surface area (Å²) in [6, 6.07) is 13.1. The number of halogens is 1. The van der Waals surface area contributed by atoms with Crippen LogP contribution in [0.4, 0.5) is 11.5 Å². The van der Waals surface area contributed by atoms with Gasteiger partial charge in [-0.3, -0.25) is 9.71 Å². The average molecular weight is 375 g/mol. The van der Waals surface area contributed by atoms with Crippen LogP contribution in [0.2, 0.25) is 5.02 Å². The highest BCUT2D eigenvalue weighted by atomic mass is 35.5. The van der Waals surface area contributed by atoms with Crippen LogP contribution in [0.3, 0.4) is 0 Å². The molecule has 0 atom stereocenters. The van der Waals surface area contributed by atoms with E-state index in [0.29, 0.717) is 23.1 Å². The molecule has 2 heterocycles. The summed E-state index contributed by atoms with van der Waals surface area (Å²) in [5.74, 6) is 0.645. The molecule has 0 unspecified atom stereocenters. The Morgan fingerprint density at radius 2 is 1.68 bits per heavy atom. The molecule has 2 aromatic heterocycles. The minimum Gasteiger partial charge on any atom is -0.366 e. The highest BCUT2D eigenvalue weighted by Gasteiger charge is 2.14. The van der Waals surface area contributed by atoms with Crippen LogP contribution in [0.1, 0.15) is 5.56 Å². The van der Waals surface area contributed by atoms with Gasteiger partial charge in [-0.2, -0.15) is 0 Å². The summed E-state index contributed by atoms with van der Waals surface area (Å²) < 4.78 is 27.1. The van der Waals surface area contributed by atoms with Gasteiger partial charge in [-0.1, -0.05) is 11.6 Å².